The average molecular weight is 576 g/mol. The van der Waals surface area contributed by atoms with Crippen LogP contribution in [0.5, 0.6) is 0 Å². The molecule has 0 atom stereocenters. The van der Waals surface area contributed by atoms with Crippen LogP contribution in [-0.2, 0) is 14.6 Å². The van der Waals surface area contributed by atoms with Gasteiger partial charge < -0.3 is 23.6 Å². The van der Waals surface area contributed by atoms with E-state index in [0.29, 0.717) is 14.4 Å². The highest BCUT2D eigenvalue weighted by Gasteiger charge is 2.19. The molecule has 1 amide bonds. The molecule has 4 aromatic rings. The van der Waals surface area contributed by atoms with Gasteiger partial charge in [-0.2, -0.15) is 0 Å². The van der Waals surface area contributed by atoms with E-state index in [9.17, 15) is 32.4 Å². The number of anilines is 2. The number of methoxy groups -OCH3 is 1. The number of esters is 1. The summed E-state index contributed by atoms with van der Waals surface area (Å²) in [4.78, 5) is 57.2. The number of fused-ring (bicyclic) bond motifs is 2. The SMILES string of the molecule is [B]C(=O)N(C)c1cc2oc(=O)c(C(=O)O)cc2s1.[B]S(=O)(=O)N(C)c1cc2oc(=O)c(C(=O)OC)cc2s1. The zero-order chi connectivity index (χ0) is 28.5. The van der Waals surface area contributed by atoms with Gasteiger partial charge in [0.1, 0.15) is 21.1 Å². The van der Waals surface area contributed by atoms with Crippen molar-refractivity contribution >= 4 is 95.8 Å². The maximum absolute atomic E-state index is 11.6. The third-order valence-electron chi connectivity index (χ3n) is 4.81. The first-order valence-electron chi connectivity index (χ1n) is 9.90. The summed E-state index contributed by atoms with van der Waals surface area (Å²) in [5.74, 6) is -2.85. The van der Waals surface area contributed by atoms with Gasteiger partial charge in [-0.25, -0.2) is 27.6 Å². The summed E-state index contributed by atoms with van der Waals surface area (Å²) >= 11 is 2.11. The standard InChI is InChI=1S/C10H8BNO6S2.C10H6BNO5S/c1-12(20(11,15)16)8-4-6-7(19-8)3-5(9(13)17-2)10(14)18-6;1-12(10(11)16)7-3-5-6(18-7)2-4(8(13)14)9(15)17-5/h3-4H,1-2H3;2-3H,1H3,(H,13,14). The molecule has 0 spiro atoms. The number of rotatable bonds is 5. The molecule has 0 aliphatic carbocycles. The Labute approximate surface area is 223 Å². The van der Waals surface area contributed by atoms with Gasteiger partial charge in [-0.3, -0.25) is 9.10 Å². The lowest BCUT2D eigenvalue weighted by atomic mass is 10.1. The van der Waals surface area contributed by atoms with Crippen LogP contribution in [-0.4, -0.2) is 67.4 Å². The summed E-state index contributed by atoms with van der Waals surface area (Å²) in [6.07, 6.45) is 0. The van der Waals surface area contributed by atoms with Gasteiger partial charge in [0, 0.05) is 26.2 Å². The summed E-state index contributed by atoms with van der Waals surface area (Å²) in [5.41, 5.74) is -2.10. The van der Waals surface area contributed by atoms with Gasteiger partial charge in [-0.05, 0) is 12.1 Å². The fourth-order valence-electron chi connectivity index (χ4n) is 2.76. The summed E-state index contributed by atoms with van der Waals surface area (Å²) in [6.45, 7) is 0. The lowest BCUT2D eigenvalue weighted by Crippen LogP contribution is -2.24. The van der Waals surface area contributed by atoms with E-state index in [1.165, 1.54) is 43.3 Å². The molecule has 0 unspecified atom stereocenters. The molecule has 38 heavy (non-hydrogen) atoms. The van der Waals surface area contributed by atoms with E-state index in [1.54, 1.807) is 0 Å². The molecule has 1 N–H and O–H groups in total. The highest BCUT2D eigenvalue weighted by Crippen LogP contribution is 2.33. The summed E-state index contributed by atoms with van der Waals surface area (Å²) in [5, 5.41) is 9.51. The Bertz CT molecular complexity index is 1800. The number of ether oxygens (including phenoxy) is 1. The Morgan fingerprint density at radius 2 is 1.39 bits per heavy atom. The van der Waals surface area contributed by atoms with Gasteiger partial charge >= 0.3 is 23.2 Å². The molecule has 0 saturated heterocycles. The minimum atomic E-state index is -3.91. The van der Waals surface area contributed by atoms with Gasteiger partial charge in [-0.1, -0.05) is 0 Å². The monoisotopic (exact) mass is 576 g/mol. The smallest absolute Gasteiger partial charge is 0.351 e. The number of hydrogen-bond donors (Lipinski definition) is 1. The van der Waals surface area contributed by atoms with E-state index in [2.05, 4.69) is 4.74 Å². The molecule has 0 saturated carbocycles. The molecule has 4 aromatic heterocycles. The predicted octanol–water partition coefficient (Wildman–Crippen LogP) is 1.77. The molecule has 13 nitrogen and oxygen atoms in total. The van der Waals surface area contributed by atoms with Crippen molar-refractivity contribution in [3.05, 3.63) is 56.2 Å². The highest BCUT2D eigenvalue weighted by molar-refractivity contribution is 8.13. The number of nitrogens with zero attached hydrogens (tertiary/aromatic N) is 2. The van der Waals surface area contributed by atoms with Gasteiger partial charge in [0.05, 0.1) is 16.5 Å². The van der Waals surface area contributed by atoms with Gasteiger partial charge in [-0.15, -0.1) is 22.7 Å². The van der Waals surface area contributed by atoms with Crippen LogP contribution in [0.1, 0.15) is 20.7 Å². The largest absolute Gasteiger partial charge is 0.477 e. The summed E-state index contributed by atoms with van der Waals surface area (Å²) in [7, 11) is 10.1. The first-order valence-corrected chi connectivity index (χ1v) is 13.0. The minimum absolute atomic E-state index is 0.165. The van der Waals surface area contributed by atoms with Gasteiger partial charge in [0.15, 0.2) is 26.8 Å². The molecule has 0 aliphatic rings. The van der Waals surface area contributed by atoms with Crippen LogP contribution in [0.3, 0.4) is 0 Å². The maximum atomic E-state index is 11.6. The average Bonchev–Trinajstić information content (AvgIpc) is 3.44. The second-order valence-electron chi connectivity index (χ2n) is 7.23. The van der Waals surface area contributed by atoms with E-state index in [1.807, 2.05) is 0 Å². The maximum Gasteiger partial charge on any atom is 0.351 e. The molecule has 4 radical (unpaired) electrons. The van der Waals surface area contributed by atoms with Crippen LogP contribution in [0.15, 0.2) is 42.7 Å². The third-order valence-corrected chi connectivity index (χ3v) is 8.16. The van der Waals surface area contributed by atoms with Crippen molar-refractivity contribution in [2.24, 2.45) is 0 Å². The van der Waals surface area contributed by atoms with Crippen molar-refractivity contribution in [2.75, 3.05) is 30.4 Å². The number of carbonyl (C=O) groups is 3. The molecular formula is C20H14B2N2O11S3. The van der Waals surface area contributed by atoms with Crippen molar-refractivity contribution in [2.45, 2.75) is 0 Å². The molecule has 0 fully saturated rings. The van der Waals surface area contributed by atoms with Gasteiger partial charge in [0.2, 0.25) is 7.85 Å². The van der Waals surface area contributed by atoms with Crippen molar-refractivity contribution in [1.82, 2.24) is 0 Å². The fraction of sp³-hybridized carbons (Fsp3) is 0.150. The highest BCUT2D eigenvalue weighted by atomic mass is 32.2. The van der Waals surface area contributed by atoms with Crippen LogP contribution in [0.4, 0.5) is 14.8 Å². The van der Waals surface area contributed by atoms with Crippen LogP contribution < -0.4 is 20.5 Å². The molecule has 18 heteroatoms. The second-order valence-corrected chi connectivity index (χ2v) is 10.9. The normalized spacial score (nSPS) is 11.0. The number of amides is 1. The second kappa shape index (κ2) is 10.8. The van der Waals surface area contributed by atoms with E-state index >= 15 is 0 Å². The van der Waals surface area contributed by atoms with Crippen molar-refractivity contribution in [3.8, 4) is 0 Å². The molecule has 0 aliphatic heterocycles. The molecule has 194 valence electrons. The number of thiophene rings is 2. The predicted molar refractivity (Wildman–Crippen MR) is 142 cm³/mol. The van der Waals surface area contributed by atoms with Crippen LogP contribution in [0.2, 0.25) is 0 Å². The number of hydrogen-bond acceptors (Lipinski definition) is 12. The molecule has 4 rings (SSSR count). The van der Waals surface area contributed by atoms with Crippen molar-refractivity contribution in [3.63, 3.8) is 0 Å². The molecule has 4 heterocycles. The quantitative estimate of drug-likeness (QED) is 0.270. The Kier molecular flexibility index (Phi) is 8.18. The topological polar surface area (TPSA) is 182 Å². The van der Waals surface area contributed by atoms with E-state index in [4.69, 9.17) is 28.9 Å². The Morgan fingerprint density at radius 1 is 0.921 bits per heavy atom. The van der Waals surface area contributed by atoms with Crippen LogP contribution in [0.25, 0.3) is 20.6 Å². The zero-order valence-electron chi connectivity index (χ0n) is 19.6. The van der Waals surface area contributed by atoms with Crippen molar-refractivity contribution in [1.29, 1.82) is 0 Å². The molecular weight excluding hydrogens is 562 g/mol. The number of carboxylic acid groups (broad SMARTS) is 1. The first kappa shape index (κ1) is 28.7. The zero-order valence-corrected chi connectivity index (χ0v) is 22.1. The first-order chi connectivity index (χ1) is 17.6. The Hall–Kier alpha value is -3.89. The summed E-state index contributed by atoms with van der Waals surface area (Å²) in [6, 6.07) is 5.31. The molecule has 0 aromatic carbocycles. The lowest BCUT2D eigenvalue weighted by molar-refractivity contribution is 0.0595. The number of carboxylic acids is 1. The minimum Gasteiger partial charge on any atom is -0.477 e. The van der Waals surface area contributed by atoms with Crippen molar-refractivity contribution < 1.29 is 41.5 Å². The van der Waals surface area contributed by atoms with Gasteiger partial charge in [0.25, 0.3) is 7.12 Å². The Morgan fingerprint density at radius 3 is 1.87 bits per heavy atom. The van der Waals surface area contributed by atoms with E-state index < -0.39 is 44.4 Å². The Balaban J connectivity index is 0.000000212. The van der Waals surface area contributed by atoms with E-state index in [-0.39, 0.29) is 21.7 Å². The van der Waals surface area contributed by atoms with E-state index in [0.717, 1.165) is 34.1 Å². The van der Waals surface area contributed by atoms with Crippen LogP contribution >= 0.6 is 22.7 Å². The third kappa shape index (κ3) is 5.98. The fourth-order valence-corrected chi connectivity index (χ4v) is 5.38. The molecule has 0 bridgehead atoms. The number of aromatic carboxylic acids is 1. The van der Waals surface area contributed by atoms with Crippen LogP contribution in [0, 0.1) is 0 Å². The summed E-state index contributed by atoms with van der Waals surface area (Å²) < 4.78 is 38.5. The lowest BCUT2D eigenvalue weighted by Gasteiger charge is -2.13. The number of carbonyl (C=O) groups excluding carboxylic acids is 2.